The van der Waals surface area contributed by atoms with Gasteiger partial charge in [0.15, 0.2) is 17.4 Å². The van der Waals surface area contributed by atoms with Gasteiger partial charge in [0.1, 0.15) is 5.75 Å². The van der Waals surface area contributed by atoms with E-state index < -0.39 is 0 Å². The minimum absolute atomic E-state index is 0.151. The van der Waals surface area contributed by atoms with Gasteiger partial charge in [0.2, 0.25) is 0 Å². The van der Waals surface area contributed by atoms with Crippen LogP contribution in [0.1, 0.15) is 23.1 Å². The monoisotopic (exact) mass is 450 g/mol. The first-order chi connectivity index (χ1) is 16.6. The molecule has 1 heterocycles. The Morgan fingerprint density at radius 3 is 2.26 bits per heavy atom. The van der Waals surface area contributed by atoms with Crippen molar-refractivity contribution in [2.45, 2.75) is 13.0 Å². The van der Waals surface area contributed by atoms with E-state index in [1.165, 1.54) is 24.3 Å². The molecule has 0 radical (unpaired) electrons. The third kappa shape index (κ3) is 5.98. The summed E-state index contributed by atoms with van der Waals surface area (Å²) >= 11 is 0. The van der Waals surface area contributed by atoms with Gasteiger partial charge in [-0.05, 0) is 51.4 Å². The zero-order chi connectivity index (χ0) is 23.8. The lowest BCUT2D eigenvalue weighted by atomic mass is 10.0. The first kappa shape index (κ1) is 22.5. The van der Waals surface area contributed by atoms with Gasteiger partial charge < -0.3 is 5.11 Å². The highest BCUT2D eigenvalue weighted by Crippen LogP contribution is 2.23. The summed E-state index contributed by atoms with van der Waals surface area (Å²) in [6.07, 6.45) is 5.82. The van der Waals surface area contributed by atoms with Gasteiger partial charge in [-0.2, -0.15) is 0 Å². The molecule has 4 rings (SSSR count). The van der Waals surface area contributed by atoms with Gasteiger partial charge in [-0.3, -0.25) is 9.59 Å². The summed E-state index contributed by atoms with van der Waals surface area (Å²) in [4.78, 5) is 24.5. The number of hydrogen-bond acceptors (Lipinski definition) is 6. The number of benzene rings is 3. The molecule has 3 aromatic carbocycles. The van der Waals surface area contributed by atoms with Crippen molar-refractivity contribution in [2.24, 2.45) is 0 Å². The smallest absolute Gasteiger partial charge is 0.182 e. The van der Waals surface area contributed by atoms with Crippen LogP contribution >= 0.6 is 0 Å². The van der Waals surface area contributed by atoms with Crippen molar-refractivity contribution in [3.8, 4) is 17.1 Å². The van der Waals surface area contributed by atoms with E-state index in [2.05, 4.69) is 15.5 Å². The van der Waals surface area contributed by atoms with Crippen molar-refractivity contribution >= 4 is 23.7 Å². The number of aromatic hydroxyl groups is 1. The largest absolute Gasteiger partial charge is 0.508 e. The van der Waals surface area contributed by atoms with Crippen molar-refractivity contribution in [1.82, 2.24) is 20.2 Å². The number of ketones is 2. The van der Waals surface area contributed by atoms with E-state index in [1.54, 1.807) is 29.0 Å². The molecule has 0 aliphatic rings. The Hall–Kier alpha value is -4.65. The van der Waals surface area contributed by atoms with Crippen LogP contribution in [0.5, 0.6) is 5.75 Å². The van der Waals surface area contributed by atoms with Gasteiger partial charge in [-0.15, -0.1) is 5.10 Å². The lowest BCUT2D eigenvalue weighted by Gasteiger charge is -2.07. The second-order valence-electron chi connectivity index (χ2n) is 7.60. The van der Waals surface area contributed by atoms with Gasteiger partial charge in [0.05, 0.1) is 13.0 Å². The number of hydrogen-bond donors (Lipinski definition) is 1. The maximum Gasteiger partial charge on any atom is 0.182 e. The Morgan fingerprint density at radius 1 is 0.824 bits per heavy atom. The van der Waals surface area contributed by atoms with Gasteiger partial charge >= 0.3 is 0 Å². The van der Waals surface area contributed by atoms with Crippen LogP contribution in [0.2, 0.25) is 0 Å². The number of rotatable bonds is 9. The van der Waals surface area contributed by atoms with E-state index in [1.807, 2.05) is 54.6 Å². The molecule has 0 fully saturated rings. The molecular weight excluding hydrogens is 428 g/mol. The Labute approximate surface area is 196 Å². The minimum Gasteiger partial charge on any atom is -0.508 e. The molecule has 168 valence electrons. The summed E-state index contributed by atoms with van der Waals surface area (Å²) in [5, 5.41) is 21.4. The number of nitrogens with zero attached hydrogens (tertiary/aromatic N) is 4. The lowest BCUT2D eigenvalue weighted by Crippen LogP contribution is -2.05. The summed E-state index contributed by atoms with van der Waals surface area (Å²) in [7, 11) is 0. The molecule has 34 heavy (non-hydrogen) atoms. The molecule has 4 aromatic rings. The topological polar surface area (TPSA) is 98.0 Å². The van der Waals surface area contributed by atoms with Crippen molar-refractivity contribution in [1.29, 1.82) is 0 Å². The van der Waals surface area contributed by atoms with Crippen LogP contribution in [-0.2, 0) is 16.1 Å². The molecule has 0 aliphatic carbocycles. The zero-order valence-corrected chi connectivity index (χ0v) is 18.3. The first-order valence-corrected chi connectivity index (χ1v) is 10.7. The molecule has 0 amide bonds. The molecule has 0 aliphatic heterocycles. The summed E-state index contributed by atoms with van der Waals surface area (Å²) in [6, 6.07) is 23.8. The summed E-state index contributed by atoms with van der Waals surface area (Å²) in [5.74, 6) is 0.129. The molecule has 1 aromatic heterocycles. The van der Waals surface area contributed by atoms with E-state index in [-0.39, 0.29) is 23.7 Å². The van der Waals surface area contributed by atoms with Gasteiger partial charge in [-0.25, -0.2) is 4.68 Å². The zero-order valence-electron chi connectivity index (χ0n) is 18.3. The molecule has 0 saturated carbocycles. The molecule has 1 N–H and O–H groups in total. The number of phenolic OH excluding ortho intramolecular Hbond substituents is 1. The fourth-order valence-corrected chi connectivity index (χ4v) is 3.35. The van der Waals surface area contributed by atoms with Crippen LogP contribution in [0.4, 0.5) is 0 Å². The SMILES string of the molecule is O=C(/C=C/c1ccc(O)cc1)CC(=O)/C=C/c1ccccc1-c1nnnn1Cc1ccccc1. The van der Waals surface area contributed by atoms with Crippen LogP contribution < -0.4 is 0 Å². The van der Waals surface area contributed by atoms with Crippen molar-refractivity contribution < 1.29 is 14.7 Å². The second kappa shape index (κ2) is 10.8. The molecule has 0 saturated heterocycles. The molecular formula is C27H22N4O3. The third-order valence-electron chi connectivity index (χ3n) is 5.06. The first-order valence-electron chi connectivity index (χ1n) is 10.7. The average molecular weight is 450 g/mol. The lowest BCUT2D eigenvalue weighted by molar-refractivity contribution is -0.121. The Bertz CT molecular complexity index is 1340. The van der Waals surface area contributed by atoms with Crippen molar-refractivity contribution in [3.05, 3.63) is 108 Å². The van der Waals surface area contributed by atoms with Crippen LogP contribution in [0.25, 0.3) is 23.5 Å². The Morgan fingerprint density at radius 2 is 1.50 bits per heavy atom. The van der Waals surface area contributed by atoms with E-state index in [4.69, 9.17) is 0 Å². The number of phenols is 1. The number of aromatic nitrogens is 4. The fourth-order valence-electron chi connectivity index (χ4n) is 3.35. The highest BCUT2D eigenvalue weighted by molar-refractivity contribution is 6.11. The standard InChI is InChI=1S/C27H22N4O3/c32-23-14-10-20(11-15-23)12-16-24(33)18-25(34)17-13-22-8-4-5-9-26(22)27-28-29-30-31(27)19-21-6-2-1-3-7-21/h1-17,32H,18-19H2/b16-12+,17-13+. The van der Waals surface area contributed by atoms with Gasteiger partial charge in [0.25, 0.3) is 0 Å². The number of carbonyl (C=O) groups is 2. The van der Waals surface area contributed by atoms with E-state index in [0.29, 0.717) is 12.4 Å². The second-order valence-corrected chi connectivity index (χ2v) is 7.60. The minimum atomic E-state index is -0.306. The van der Waals surface area contributed by atoms with Gasteiger partial charge in [-0.1, -0.05) is 78.9 Å². The van der Waals surface area contributed by atoms with Crippen molar-refractivity contribution in [3.63, 3.8) is 0 Å². The summed E-state index contributed by atoms with van der Waals surface area (Å²) in [6.45, 7) is 0.516. The highest BCUT2D eigenvalue weighted by Gasteiger charge is 2.12. The van der Waals surface area contributed by atoms with Crippen LogP contribution in [0, 0.1) is 0 Å². The fraction of sp³-hybridized carbons (Fsp3) is 0.0741. The van der Waals surface area contributed by atoms with Crippen molar-refractivity contribution in [2.75, 3.05) is 0 Å². The normalized spacial score (nSPS) is 11.3. The highest BCUT2D eigenvalue weighted by atomic mass is 16.3. The van der Waals surface area contributed by atoms with Gasteiger partial charge in [0, 0.05) is 5.56 Å². The molecule has 0 unspecified atom stereocenters. The maximum atomic E-state index is 12.4. The molecule has 7 nitrogen and oxygen atoms in total. The average Bonchev–Trinajstić information content (AvgIpc) is 3.31. The van der Waals surface area contributed by atoms with Crippen LogP contribution in [0.15, 0.2) is 91.0 Å². The predicted octanol–water partition coefficient (Wildman–Crippen LogP) is 4.35. The molecule has 0 atom stereocenters. The molecule has 0 spiro atoms. The van der Waals surface area contributed by atoms with E-state index in [0.717, 1.165) is 22.3 Å². The Kier molecular flexibility index (Phi) is 7.15. The van der Waals surface area contributed by atoms with Crippen LogP contribution in [0.3, 0.4) is 0 Å². The quantitative estimate of drug-likeness (QED) is 0.301. The summed E-state index contributed by atoms with van der Waals surface area (Å²) < 4.78 is 1.71. The number of carbonyl (C=O) groups excluding carboxylic acids is 2. The number of tetrazole rings is 1. The predicted molar refractivity (Wildman–Crippen MR) is 130 cm³/mol. The summed E-state index contributed by atoms with van der Waals surface area (Å²) in [5.41, 5.74) is 3.38. The molecule has 0 bridgehead atoms. The third-order valence-corrected chi connectivity index (χ3v) is 5.06. The van der Waals surface area contributed by atoms with E-state index in [9.17, 15) is 14.7 Å². The van der Waals surface area contributed by atoms with E-state index >= 15 is 0 Å². The number of allylic oxidation sites excluding steroid dienone is 2. The maximum absolute atomic E-state index is 12.4. The van der Waals surface area contributed by atoms with Crippen LogP contribution in [-0.4, -0.2) is 36.9 Å². The Balaban J connectivity index is 1.45. The molecule has 7 heteroatoms.